The minimum atomic E-state index is -0.961. The van der Waals surface area contributed by atoms with Crippen LogP contribution in [0.1, 0.15) is 34.1 Å². The lowest BCUT2D eigenvalue weighted by molar-refractivity contribution is -0.141. The van der Waals surface area contributed by atoms with Crippen LogP contribution in [0, 0.1) is 11.8 Å². The monoisotopic (exact) mass is 300 g/mol. The van der Waals surface area contributed by atoms with E-state index in [1.807, 2.05) is 0 Å². The van der Waals surface area contributed by atoms with Gasteiger partial charge in [0.2, 0.25) is 0 Å². The molecule has 1 aliphatic rings. The molecule has 0 aromatic heterocycles. The maximum absolute atomic E-state index is 12.7. The van der Waals surface area contributed by atoms with E-state index in [1.54, 1.807) is 12.0 Å². The lowest BCUT2D eigenvalue weighted by atomic mass is 10.1. The van der Waals surface area contributed by atoms with Gasteiger partial charge in [-0.25, -0.2) is 9.59 Å². The first-order valence-corrected chi connectivity index (χ1v) is 7.57. The lowest BCUT2D eigenvalue weighted by Gasteiger charge is -2.32. The first-order chi connectivity index (χ1) is 9.76. The van der Waals surface area contributed by atoms with E-state index in [0.29, 0.717) is 37.9 Å². The number of amides is 2. The quantitative estimate of drug-likeness (QED) is 0.813. The summed E-state index contributed by atoms with van der Waals surface area (Å²) in [6.07, 6.45) is 0.157. The number of carbonyl (C=O) groups is 2. The van der Waals surface area contributed by atoms with E-state index >= 15 is 0 Å². The van der Waals surface area contributed by atoms with Crippen molar-refractivity contribution in [2.24, 2.45) is 11.8 Å². The normalized spacial score (nSPS) is 22.1. The highest BCUT2D eigenvalue weighted by molar-refractivity contribution is 5.83. The molecule has 1 saturated heterocycles. The molecule has 0 aromatic rings. The van der Waals surface area contributed by atoms with Crippen molar-refractivity contribution < 1.29 is 19.4 Å². The molecule has 0 bridgehead atoms. The molecule has 6 heteroatoms. The van der Waals surface area contributed by atoms with Crippen molar-refractivity contribution in [2.75, 3.05) is 26.7 Å². The van der Waals surface area contributed by atoms with Crippen LogP contribution in [-0.4, -0.2) is 65.8 Å². The number of hydrogen-bond donors (Lipinski definition) is 1. The fourth-order valence-corrected chi connectivity index (χ4v) is 2.71. The Kier molecular flexibility index (Phi) is 6.45. The number of hydrogen-bond acceptors (Lipinski definition) is 3. The summed E-state index contributed by atoms with van der Waals surface area (Å²) in [5.41, 5.74) is 0. The van der Waals surface area contributed by atoms with Crippen LogP contribution in [0.2, 0.25) is 0 Å². The van der Waals surface area contributed by atoms with Crippen molar-refractivity contribution in [3.8, 4) is 0 Å². The maximum Gasteiger partial charge on any atom is 0.326 e. The molecular formula is C15H28N2O4. The minimum absolute atomic E-state index is 0.190. The van der Waals surface area contributed by atoms with Crippen LogP contribution in [0.5, 0.6) is 0 Å². The number of carboxylic acid groups (broad SMARTS) is 1. The van der Waals surface area contributed by atoms with Gasteiger partial charge in [-0.1, -0.05) is 27.7 Å². The Hall–Kier alpha value is -1.30. The van der Waals surface area contributed by atoms with E-state index < -0.39 is 12.0 Å². The Morgan fingerprint density at radius 1 is 1.24 bits per heavy atom. The van der Waals surface area contributed by atoms with Crippen LogP contribution >= 0.6 is 0 Å². The molecule has 0 aliphatic carbocycles. The predicted molar refractivity (Wildman–Crippen MR) is 80.2 cm³/mol. The van der Waals surface area contributed by atoms with Gasteiger partial charge in [-0.05, 0) is 11.8 Å². The fraction of sp³-hybridized carbons (Fsp3) is 0.867. The van der Waals surface area contributed by atoms with Crippen LogP contribution in [0.3, 0.4) is 0 Å². The van der Waals surface area contributed by atoms with Gasteiger partial charge in [-0.3, -0.25) is 0 Å². The van der Waals surface area contributed by atoms with Crippen molar-refractivity contribution in [1.29, 1.82) is 0 Å². The fourth-order valence-electron chi connectivity index (χ4n) is 2.71. The summed E-state index contributed by atoms with van der Waals surface area (Å²) in [4.78, 5) is 27.3. The summed E-state index contributed by atoms with van der Waals surface area (Å²) >= 11 is 0. The van der Waals surface area contributed by atoms with Crippen LogP contribution in [0.4, 0.5) is 4.79 Å². The molecule has 122 valence electrons. The summed E-state index contributed by atoms with van der Waals surface area (Å²) in [5.74, 6) is -0.273. The molecule has 21 heavy (non-hydrogen) atoms. The molecular weight excluding hydrogens is 272 g/mol. The summed E-state index contributed by atoms with van der Waals surface area (Å²) in [6.45, 7) is 9.83. The molecule has 1 fully saturated rings. The molecule has 0 aromatic carbocycles. The number of rotatable bonds is 6. The molecule has 1 N–H and O–H groups in total. The second-order valence-corrected chi connectivity index (χ2v) is 6.58. The number of urea groups is 1. The number of nitrogens with zero attached hydrogens (tertiary/aromatic N) is 2. The highest BCUT2D eigenvalue weighted by Crippen LogP contribution is 2.22. The highest BCUT2D eigenvalue weighted by Gasteiger charge is 2.41. The van der Waals surface area contributed by atoms with Gasteiger partial charge in [0, 0.05) is 33.2 Å². The van der Waals surface area contributed by atoms with Crippen LogP contribution < -0.4 is 0 Å². The number of carbonyl (C=O) groups excluding carboxylic acids is 1. The van der Waals surface area contributed by atoms with Gasteiger partial charge in [-0.15, -0.1) is 0 Å². The Morgan fingerprint density at radius 3 is 2.14 bits per heavy atom. The van der Waals surface area contributed by atoms with Crippen molar-refractivity contribution in [2.45, 2.75) is 46.3 Å². The highest BCUT2D eigenvalue weighted by atomic mass is 16.5. The van der Waals surface area contributed by atoms with Crippen LogP contribution in [0.25, 0.3) is 0 Å². The van der Waals surface area contributed by atoms with Gasteiger partial charge >= 0.3 is 12.0 Å². The van der Waals surface area contributed by atoms with Crippen LogP contribution in [0.15, 0.2) is 0 Å². The topological polar surface area (TPSA) is 70.1 Å². The SMILES string of the molecule is COC1CC(C(=O)O)N(C(=O)N(CC(C)C)CC(C)C)C1. The average Bonchev–Trinajstić information content (AvgIpc) is 2.80. The van der Waals surface area contributed by atoms with E-state index in [9.17, 15) is 14.7 Å². The third-order valence-electron chi connectivity index (χ3n) is 3.57. The Labute approximate surface area is 127 Å². The first kappa shape index (κ1) is 17.8. The third kappa shape index (κ3) is 4.88. The van der Waals surface area contributed by atoms with E-state index in [4.69, 9.17) is 4.74 Å². The minimum Gasteiger partial charge on any atom is -0.480 e. The standard InChI is InChI=1S/C15H28N2O4/c1-10(2)7-16(8-11(3)4)15(20)17-9-12(21-5)6-13(17)14(18)19/h10-13H,6-9H2,1-5H3,(H,18,19). The van der Waals surface area contributed by atoms with Crippen molar-refractivity contribution in [3.63, 3.8) is 0 Å². The predicted octanol–water partition coefficient (Wildman–Crippen LogP) is 1.89. The number of carboxylic acids is 1. The molecule has 2 amide bonds. The van der Waals surface area contributed by atoms with Gasteiger partial charge in [0.05, 0.1) is 6.10 Å². The number of likely N-dealkylation sites (tertiary alicyclic amines) is 1. The molecule has 0 radical (unpaired) electrons. The molecule has 0 saturated carbocycles. The molecule has 2 atom stereocenters. The largest absolute Gasteiger partial charge is 0.480 e. The average molecular weight is 300 g/mol. The first-order valence-electron chi connectivity index (χ1n) is 7.57. The molecule has 2 unspecified atom stereocenters. The Balaban J connectivity index is 2.86. The summed E-state index contributed by atoms with van der Waals surface area (Å²) in [6, 6.07) is -0.978. The second kappa shape index (κ2) is 7.64. The summed E-state index contributed by atoms with van der Waals surface area (Å²) in [7, 11) is 1.55. The Bertz CT molecular complexity index is 361. The van der Waals surface area contributed by atoms with Gasteiger partial charge in [0.1, 0.15) is 6.04 Å². The van der Waals surface area contributed by atoms with Crippen molar-refractivity contribution in [1.82, 2.24) is 9.80 Å². The molecule has 1 heterocycles. The maximum atomic E-state index is 12.7. The number of aliphatic carboxylic acids is 1. The smallest absolute Gasteiger partial charge is 0.326 e. The summed E-state index contributed by atoms with van der Waals surface area (Å²) in [5, 5.41) is 9.32. The van der Waals surface area contributed by atoms with Crippen LogP contribution in [-0.2, 0) is 9.53 Å². The van der Waals surface area contributed by atoms with E-state index in [1.165, 1.54) is 4.90 Å². The molecule has 0 spiro atoms. The van der Waals surface area contributed by atoms with Gasteiger partial charge in [0.15, 0.2) is 0 Å². The van der Waals surface area contributed by atoms with Crippen molar-refractivity contribution >= 4 is 12.0 Å². The molecule has 6 nitrogen and oxygen atoms in total. The summed E-state index contributed by atoms with van der Waals surface area (Å²) < 4.78 is 5.24. The zero-order valence-electron chi connectivity index (χ0n) is 13.7. The van der Waals surface area contributed by atoms with Gasteiger partial charge in [0.25, 0.3) is 0 Å². The zero-order valence-corrected chi connectivity index (χ0v) is 13.7. The number of ether oxygens (including phenoxy) is 1. The van der Waals surface area contributed by atoms with E-state index in [2.05, 4.69) is 27.7 Å². The van der Waals surface area contributed by atoms with E-state index in [-0.39, 0.29) is 12.1 Å². The third-order valence-corrected chi connectivity index (χ3v) is 3.57. The second-order valence-electron chi connectivity index (χ2n) is 6.58. The Morgan fingerprint density at radius 2 is 1.76 bits per heavy atom. The number of methoxy groups -OCH3 is 1. The van der Waals surface area contributed by atoms with E-state index in [0.717, 1.165) is 0 Å². The molecule has 1 rings (SSSR count). The molecule has 1 aliphatic heterocycles. The van der Waals surface area contributed by atoms with Gasteiger partial charge < -0.3 is 19.6 Å². The van der Waals surface area contributed by atoms with Gasteiger partial charge in [-0.2, -0.15) is 0 Å². The lowest BCUT2D eigenvalue weighted by Crippen LogP contribution is -2.50. The van der Waals surface area contributed by atoms with Crippen molar-refractivity contribution in [3.05, 3.63) is 0 Å². The zero-order chi connectivity index (χ0) is 16.2.